The van der Waals surface area contributed by atoms with Crippen molar-refractivity contribution in [3.8, 4) is 0 Å². The highest BCUT2D eigenvalue weighted by Gasteiger charge is 2.55. The maximum atomic E-state index is 11.3. The summed E-state index contributed by atoms with van der Waals surface area (Å²) in [6.07, 6.45) is 1.04. The van der Waals surface area contributed by atoms with E-state index in [1.807, 2.05) is 0 Å². The third kappa shape index (κ3) is 1.23. The Morgan fingerprint density at radius 3 is 2.50 bits per heavy atom. The summed E-state index contributed by atoms with van der Waals surface area (Å²) in [5, 5.41) is 11.0. The Bertz CT molecular complexity index is 305. The molecule has 6 heteroatoms. The monoisotopic (exact) mass is 198 g/mol. The van der Waals surface area contributed by atoms with Crippen LogP contribution in [-0.4, -0.2) is 40.0 Å². The van der Waals surface area contributed by atoms with Crippen molar-refractivity contribution in [1.82, 2.24) is 10.2 Å². The summed E-state index contributed by atoms with van der Waals surface area (Å²) in [5.41, 5.74) is -0.733. The Hall–Kier alpha value is -1.59. The van der Waals surface area contributed by atoms with E-state index < -0.39 is 17.5 Å². The highest BCUT2D eigenvalue weighted by molar-refractivity contribution is 6.03. The van der Waals surface area contributed by atoms with E-state index in [0.29, 0.717) is 12.8 Å². The van der Waals surface area contributed by atoms with E-state index in [1.165, 1.54) is 0 Å². The first kappa shape index (κ1) is 8.98. The maximum absolute atomic E-state index is 11.3. The molecule has 0 radical (unpaired) electrons. The lowest BCUT2D eigenvalue weighted by Crippen LogP contribution is -2.43. The molecule has 3 amide bonds. The van der Waals surface area contributed by atoms with Gasteiger partial charge in [-0.25, -0.2) is 4.79 Å². The van der Waals surface area contributed by atoms with Gasteiger partial charge < -0.3 is 10.4 Å². The van der Waals surface area contributed by atoms with E-state index in [2.05, 4.69) is 5.32 Å². The Labute approximate surface area is 79.9 Å². The molecule has 14 heavy (non-hydrogen) atoms. The standard InChI is InChI=1S/C8H10N2O4/c11-5-4-9-7(14)10(5)8(1-2-8)3-6(12)13/h1-4H2,(H,9,14)(H,12,13). The Morgan fingerprint density at radius 1 is 1.50 bits per heavy atom. The number of urea groups is 1. The average Bonchev–Trinajstić information content (AvgIpc) is 2.73. The molecule has 2 N–H and O–H groups in total. The molecule has 2 rings (SSSR count). The van der Waals surface area contributed by atoms with Crippen LogP contribution in [0.1, 0.15) is 19.3 Å². The number of carbonyl (C=O) groups excluding carboxylic acids is 2. The lowest BCUT2D eigenvalue weighted by molar-refractivity contribution is -0.139. The van der Waals surface area contributed by atoms with Gasteiger partial charge in [-0.2, -0.15) is 0 Å². The third-order valence-corrected chi connectivity index (χ3v) is 2.63. The van der Waals surface area contributed by atoms with Crippen molar-refractivity contribution in [2.75, 3.05) is 6.54 Å². The summed E-state index contributed by atoms with van der Waals surface area (Å²) in [7, 11) is 0. The van der Waals surface area contributed by atoms with Crippen molar-refractivity contribution in [3.05, 3.63) is 0 Å². The average molecular weight is 198 g/mol. The molecule has 0 spiro atoms. The van der Waals surface area contributed by atoms with Crippen LogP contribution in [0.2, 0.25) is 0 Å². The van der Waals surface area contributed by atoms with Gasteiger partial charge in [-0.3, -0.25) is 14.5 Å². The molecule has 2 fully saturated rings. The Morgan fingerprint density at radius 2 is 2.14 bits per heavy atom. The first-order chi connectivity index (χ1) is 6.55. The van der Waals surface area contributed by atoms with Crippen LogP contribution in [0.4, 0.5) is 4.79 Å². The second kappa shape index (κ2) is 2.70. The van der Waals surface area contributed by atoms with Crippen LogP contribution >= 0.6 is 0 Å². The summed E-state index contributed by atoms with van der Waals surface area (Å²) >= 11 is 0. The van der Waals surface area contributed by atoms with Crippen molar-refractivity contribution in [1.29, 1.82) is 0 Å². The molecule has 1 saturated heterocycles. The minimum absolute atomic E-state index is 0.0137. The second-order valence-electron chi connectivity index (χ2n) is 3.68. The molecule has 0 aromatic carbocycles. The van der Waals surface area contributed by atoms with Gasteiger partial charge in [0.1, 0.15) is 0 Å². The van der Waals surface area contributed by atoms with Crippen LogP contribution in [0.15, 0.2) is 0 Å². The van der Waals surface area contributed by atoms with E-state index in [1.54, 1.807) is 0 Å². The molecule has 76 valence electrons. The lowest BCUT2D eigenvalue weighted by atomic mass is 10.1. The number of aliphatic carboxylic acids is 1. The third-order valence-electron chi connectivity index (χ3n) is 2.63. The smallest absolute Gasteiger partial charge is 0.325 e. The van der Waals surface area contributed by atoms with Crippen molar-refractivity contribution in [2.24, 2.45) is 0 Å². The number of hydrogen-bond donors (Lipinski definition) is 2. The summed E-state index contributed by atoms with van der Waals surface area (Å²) < 4.78 is 0. The number of nitrogens with one attached hydrogen (secondary N) is 1. The van der Waals surface area contributed by atoms with Crippen LogP contribution in [-0.2, 0) is 9.59 Å². The van der Waals surface area contributed by atoms with Crippen LogP contribution in [0.3, 0.4) is 0 Å². The van der Waals surface area contributed by atoms with E-state index in [-0.39, 0.29) is 18.9 Å². The maximum Gasteiger partial charge on any atom is 0.325 e. The number of nitrogens with zero attached hydrogens (tertiary/aromatic N) is 1. The molecule has 1 heterocycles. The second-order valence-corrected chi connectivity index (χ2v) is 3.68. The summed E-state index contributed by atoms with van der Waals surface area (Å²) in [6, 6.07) is -0.464. The zero-order valence-corrected chi connectivity index (χ0v) is 7.45. The van der Waals surface area contributed by atoms with Crippen LogP contribution in [0.25, 0.3) is 0 Å². The number of carbonyl (C=O) groups is 3. The van der Waals surface area contributed by atoms with Gasteiger partial charge in [-0.15, -0.1) is 0 Å². The normalized spacial score (nSPS) is 23.6. The molecule has 1 aliphatic carbocycles. The van der Waals surface area contributed by atoms with Gasteiger partial charge in [-0.1, -0.05) is 0 Å². The van der Waals surface area contributed by atoms with E-state index in [0.717, 1.165) is 4.90 Å². The molecule has 0 bridgehead atoms. The quantitative estimate of drug-likeness (QED) is 0.601. The van der Waals surface area contributed by atoms with E-state index >= 15 is 0 Å². The fourth-order valence-corrected chi connectivity index (χ4v) is 1.81. The highest BCUT2D eigenvalue weighted by atomic mass is 16.4. The van der Waals surface area contributed by atoms with Gasteiger partial charge in [0.2, 0.25) is 0 Å². The largest absolute Gasteiger partial charge is 0.481 e. The van der Waals surface area contributed by atoms with E-state index in [9.17, 15) is 14.4 Å². The minimum atomic E-state index is -0.977. The minimum Gasteiger partial charge on any atom is -0.481 e. The SMILES string of the molecule is O=C(O)CC1(N2C(=O)CNC2=O)CC1. The van der Waals surface area contributed by atoms with Gasteiger partial charge >= 0.3 is 12.0 Å². The zero-order chi connectivity index (χ0) is 10.3. The van der Waals surface area contributed by atoms with Crippen LogP contribution < -0.4 is 5.32 Å². The molecular weight excluding hydrogens is 188 g/mol. The van der Waals surface area contributed by atoms with Gasteiger partial charge in [0.05, 0.1) is 18.5 Å². The van der Waals surface area contributed by atoms with Crippen LogP contribution in [0, 0.1) is 0 Å². The van der Waals surface area contributed by atoms with Crippen LogP contribution in [0.5, 0.6) is 0 Å². The fourth-order valence-electron chi connectivity index (χ4n) is 1.81. The highest BCUT2D eigenvalue weighted by Crippen LogP contribution is 2.45. The van der Waals surface area contributed by atoms with Gasteiger partial charge in [0.25, 0.3) is 5.91 Å². The molecule has 1 aliphatic heterocycles. The lowest BCUT2D eigenvalue weighted by Gasteiger charge is -2.22. The zero-order valence-electron chi connectivity index (χ0n) is 7.45. The topological polar surface area (TPSA) is 86.7 Å². The van der Waals surface area contributed by atoms with Gasteiger partial charge in [-0.05, 0) is 12.8 Å². The number of carboxylic acids is 1. The van der Waals surface area contributed by atoms with E-state index in [4.69, 9.17) is 5.11 Å². The molecule has 6 nitrogen and oxygen atoms in total. The summed E-state index contributed by atoms with van der Waals surface area (Å²) in [6.45, 7) is -0.0137. The number of amides is 3. The fraction of sp³-hybridized carbons (Fsp3) is 0.625. The molecule has 0 unspecified atom stereocenters. The number of imide groups is 1. The first-order valence-corrected chi connectivity index (χ1v) is 4.38. The molecular formula is C8H10N2O4. The summed E-state index contributed by atoms with van der Waals surface area (Å²) in [4.78, 5) is 34.2. The number of hydrogen-bond acceptors (Lipinski definition) is 3. The molecule has 2 aliphatic rings. The van der Waals surface area contributed by atoms with Gasteiger partial charge in [0.15, 0.2) is 0 Å². The van der Waals surface area contributed by atoms with Crippen molar-refractivity contribution >= 4 is 17.9 Å². The Kier molecular flexibility index (Phi) is 1.73. The predicted octanol–water partition coefficient (Wildman–Crippen LogP) is -0.455. The number of carboxylic acid groups (broad SMARTS) is 1. The van der Waals surface area contributed by atoms with Crippen molar-refractivity contribution in [3.63, 3.8) is 0 Å². The number of rotatable bonds is 3. The van der Waals surface area contributed by atoms with Crippen molar-refractivity contribution in [2.45, 2.75) is 24.8 Å². The molecule has 0 atom stereocenters. The molecule has 0 aromatic heterocycles. The molecule has 1 saturated carbocycles. The summed E-state index contributed by atoms with van der Waals surface area (Å²) in [5.74, 6) is -1.30. The van der Waals surface area contributed by atoms with Gasteiger partial charge in [0, 0.05) is 0 Å². The Balaban J connectivity index is 2.17. The predicted molar refractivity (Wildman–Crippen MR) is 44.5 cm³/mol. The van der Waals surface area contributed by atoms with Crippen molar-refractivity contribution < 1.29 is 19.5 Å². The first-order valence-electron chi connectivity index (χ1n) is 4.38. The molecule has 0 aromatic rings.